The normalized spacial score (nSPS) is 16.4. The van der Waals surface area contributed by atoms with Gasteiger partial charge in [-0.15, -0.1) is 24.0 Å². The zero-order chi connectivity index (χ0) is 21.3. The predicted molar refractivity (Wildman–Crippen MR) is 130 cm³/mol. The van der Waals surface area contributed by atoms with Gasteiger partial charge in [0, 0.05) is 38.7 Å². The Morgan fingerprint density at radius 3 is 2.77 bits per heavy atom. The molecule has 1 aliphatic rings. The number of guanidine groups is 1. The van der Waals surface area contributed by atoms with Crippen molar-refractivity contribution >= 4 is 41.8 Å². The van der Waals surface area contributed by atoms with Gasteiger partial charge in [0.1, 0.15) is 5.76 Å². The molecule has 4 N–H and O–H groups in total. The molecule has 1 aromatic heterocycles. The van der Waals surface area contributed by atoms with Crippen molar-refractivity contribution in [3.63, 3.8) is 0 Å². The van der Waals surface area contributed by atoms with Crippen LogP contribution in [0.15, 0.2) is 52.1 Å². The van der Waals surface area contributed by atoms with E-state index in [2.05, 4.69) is 20.5 Å². The Hall–Kier alpha value is -2.56. The van der Waals surface area contributed by atoms with E-state index in [4.69, 9.17) is 10.2 Å². The molecule has 0 bridgehead atoms. The van der Waals surface area contributed by atoms with Crippen LogP contribution in [0.25, 0.3) is 0 Å². The number of aliphatic imine (C=N–C) groups is 1. The molecule has 1 aliphatic heterocycles. The summed E-state index contributed by atoms with van der Waals surface area (Å²) in [7, 11) is 1.75. The Labute approximate surface area is 199 Å². The minimum absolute atomic E-state index is 0. The van der Waals surface area contributed by atoms with Crippen LogP contribution in [0.3, 0.4) is 0 Å². The van der Waals surface area contributed by atoms with Crippen molar-refractivity contribution < 1.29 is 14.0 Å². The molecule has 0 aliphatic carbocycles. The second-order valence-electron chi connectivity index (χ2n) is 7.49. The maximum Gasteiger partial charge on any atom is 0.251 e. The molecule has 1 saturated heterocycles. The second-order valence-corrected chi connectivity index (χ2v) is 7.49. The molecule has 0 spiro atoms. The number of halogens is 1. The number of benzene rings is 1. The van der Waals surface area contributed by atoms with E-state index in [1.807, 2.05) is 24.3 Å². The number of nitrogens with zero attached hydrogens (tertiary/aromatic N) is 2. The Balaban J connectivity index is 0.00000341. The molecule has 3 rings (SSSR count). The van der Waals surface area contributed by atoms with E-state index in [0.717, 1.165) is 37.5 Å². The largest absolute Gasteiger partial charge is 0.467 e. The first-order valence-electron chi connectivity index (χ1n) is 10.2. The third kappa shape index (κ3) is 7.57. The third-order valence-electron chi connectivity index (χ3n) is 5.16. The summed E-state index contributed by atoms with van der Waals surface area (Å²) >= 11 is 0. The number of rotatable bonds is 7. The van der Waals surface area contributed by atoms with Gasteiger partial charge in [0.2, 0.25) is 5.91 Å². The van der Waals surface area contributed by atoms with Crippen LogP contribution in [-0.2, 0) is 17.9 Å². The van der Waals surface area contributed by atoms with Gasteiger partial charge in [-0.05, 0) is 48.6 Å². The van der Waals surface area contributed by atoms with Crippen LogP contribution >= 0.6 is 24.0 Å². The number of furan rings is 1. The fourth-order valence-electron chi connectivity index (χ4n) is 3.73. The van der Waals surface area contributed by atoms with E-state index in [-0.39, 0.29) is 41.7 Å². The smallest absolute Gasteiger partial charge is 0.251 e. The van der Waals surface area contributed by atoms with Crippen LogP contribution in [-0.4, -0.2) is 42.8 Å². The number of carbonyl (C=O) groups is 2. The molecule has 0 radical (unpaired) electrons. The Kier molecular flexibility index (Phi) is 9.83. The van der Waals surface area contributed by atoms with Gasteiger partial charge in [0.25, 0.3) is 5.91 Å². The standard InChI is InChI=1S/C22H29N5O3.HI/c1-24-22(27-9-3-6-17(15-27)12-20(23)28)26-13-16-5-2-7-18(11-16)21(29)25-14-19-8-4-10-30-19;/h2,4-5,7-8,10-11,17H,3,6,9,12-15H2,1H3,(H2,23,28)(H,24,26)(H,25,29);1H. The molecular weight excluding hydrogens is 509 g/mol. The van der Waals surface area contributed by atoms with Crippen molar-refractivity contribution in [2.75, 3.05) is 20.1 Å². The summed E-state index contributed by atoms with van der Waals surface area (Å²) in [5, 5.41) is 6.22. The summed E-state index contributed by atoms with van der Waals surface area (Å²) < 4.78 is 5.24. The van der Waals surface area contributed by atoms with Crippen LogP contribution in [0.4, 0.5) is 0 Å². The summed E-state index contributed by atoms with van der Waals surface area (Å²) in [6, 6.07) is 11.1. The summed E-state index contributed by atoms with van der Waals surface area (Å²) in [6.45, 7) is 2.55. The number of likely N-dealkylation sites (tertiary alicyclic amines) is 1. The van der Waals surface area contributed by atoms with Crippen molar-refractivity contribution in [2.45, 2.75) is 32.4 Å². The maximum absolute atomic E-state index is 12.4. The summed E-state index contributed by atoms with van der Waals surface area (Å²) in [5.41, 5.74) is 6.93. The highest BCUT2D eigenvalue weighted by Crippen LogP contribution is 2.19. The zero-order valence-electron chi connectivity index (χ0n) is 17.7. The molecule has 2 amide bonds. The van der Waals surface area contributed by atoms with Crippen molar-refractivity contribution in [1.29, 1.82) is 0 Å². The molecule has 0 saturated carbocycles. The molecule has 168 valence electrons. The van der Waals surface area contributed by atoms with E-state index >= 15 is 0 Å². The highest BCUT2D eigenvalue weighted by atomic mass is 127. The Morgan fingerprint density at radius 1 is 1.23 bits per heavy atom. The summed E-state index contributed by atoms with van der Waals surface area (Å²) in [4.78, 5) is 30.2. The number of hydrogen-bond acceptors (Lipinski definition) is 4. The number of hydrogen-bond donors (Lipinski definition) is 3. The van der Waals surface area contributed by atoms with Gasteiger partial charge in [-0.25, -0.2) is 0 Å². The number of nitrogens with one attached hydrogen (secondary N) is 2. The highest BCUT2D eigenvalue weighted by Gasteiger charge is 2.23. The number of amides is 2. The van der Waals surface area contributed by atoms with Gasteiger partial charge in [-0.1, -0.05) is 12.1 Å². The fourth-order valence-corrected chi connectivity index (χ4v) is 3.73. The molecule has 8 nitrogen and oxygen atoms in total. The first-order valence-corrected chi connectivity index (χ1v) is 10.2. The Morgan fingerprint density at radius 2 is 2.06 bits per heavy atom. The molecular formula is C22H30IN5O3. The van der Waals surface area contributed by atoms with Crippen LogP contribution < -0.4 is 16.4 Å². The first-order chi connectivity index (χ1) is 14.5. The van der Waals surface area contributed by atoms with Gasteiger partial charge < -0.3 is 25.7 Å². The monoisotopic (exact) mass is 539 g/mol. The van der Waals surface area contributed by atoms with Crippen LogP contribution in [0.1, 0.15) is 40.9 Å². The topological polar surface area (TPSA) is 113 Å². The van der Waals surface area contributed by atoms with Crippen LogP contribution in [0.5, 0.6) is 0 Å². The van der Waals surface area contributed by atoms with Crippen molar-refractivity contribution in [3.05, 3.63) is 59.5 Å². The van der Waals surface area contributed by atoms with Gasteiger partial charge in [-0.2, -0.15) is 0 Å². The maximum atomic E-state index is 12.4. The SMILES string of the molecule is CN=C(NCc1cccc(C(=O)NCc2ccco2)c1)N1CCCC(CC(N)=O)C1.I. The van der Waals surface area contributed by atoms with E-state index in [0.29, 0.717) is 30.8 Å². The lowest BCUT2D eigenvalue weighted by Gasteiger charge is -2.34. The van der Waals surface area contributed by atoms with Gasteiger partial charge >= 0.3 is 0 Å². The Bertz CT molecular complexity index is 885. The van der Waals surface area contributed by atoms with Crippen LogP contribution in [0.2, 0.25) is 0 Å². The third-order valence-corrected chi connectivity index (χ3v) is 5.16. The molecule has 2 aromatic rings. The van der Waals surface area contributed by atoms with Gasteiger partial charge in [-0.3, -0.25) is 14.6 Å². The summed E-state index contributed by atoms with van der Waals surface area (Å²) in [5.74, 6) is 1.35. The predicted octanol–water partition coefficient (Wildman–Crippen LogP) is 2.49. The average Bonchev–Trinajstić information content (AvgIpc) is 3.26. The van der Waals surface area contributed by atoms with Gasteiger partial charge in [0.15, 0.2) is 5.96 Å². The first kappa shape index (κ1) is 24.7. The van der Waals surface area contributed by atoms with Crippen molar-refractivity contribution in [3.8, 4) is 0 Å². The van der Waals surface area contributed by atoms with E-state index in [1.165, 1.54) is 0 Å². The second kappa shape index (κ2) is 12.3. The van der Waals surface area contributed by atoms with Crippen LogP contribution in [0, 0.1) is 5.92 Å². The van der Waals surface area contributed by atoms with Crippen molar-refractivity contribution in [1.82, 2.24) is 15.5 Å². The van der Waals surface area contributed by atoms with E-state index in [1.54, 1.807) is 25.4 Å². The fraction of sp³-hybridized carbons (Fsp3) is 0.409. The number of carbonyl (C=O) groups excluding carboxylic acids is 2. The summed E-state index contributed by atoms with van der Waals surface area (Å²) in [6.07, 6.45) is 4.00. The molecule has 9 heteroatoms. The molecule has 31 heavy (non-hydrogen) atoms. The molecule has 1 aromatic carbocycles. The average molecular weight is 539 g/mol. The minimum Gasteiger partial charge on any atom is -0.467 e. The lowest BCUT2D eigenvalue weighted by Crippen LogP contribution is -2.46. The molecule has 1 unspecified atom stereocenters. The van der Waals surface area contributed by atoms with E-state index in [9.17, 15) is 9.59 Å². The number of primary amides is 1. The quantitative estimate of drug-likeness (QED) is 0.285. The highest BCUT2D eigenvalue weighted by molar-refractivity contribution is 14.0. The lowest BCUT2D eigenvalue weighted by atomic mass is 9.95. The minimum atomic E-state index is -0.257. The zero-order valence-corrected chi connectivity index (χ0v) is 20.0. The van der Waals surface area contributed by atoms with E-state index < -0.39 is 0 Å². The molecule has 2 heterocycles. The number of nitrogens with two attached hydrogens (primary N) is 1. The molecule has 1 atom stereocenters. The van der Waals surface area contributed by atoms with Gasteiger partial charge in [0.05, 0.1) is 12.8 Å². The molecule has 1 fully saturated rings. The number of piperidine rings is 1. The van der Waals surface area contributed by atoms with Crippen molar-refractivity contribution in [2.24, 2.45) is 16.6 Å². The lowest BCUT2D eigenvalue weighted by molar-refractivity contribution is -0.119.